The Morgan fingerprint density at radius 1 is 1.31 bits per heavy atom. The van der Waals surface area contributed by atoms with E-state index in [0.717, 1.165) is 0 Å². The first kappa shape index (κ1) is 17.0. The number of hydrogen-bond acceptors (Lipinski definition) is 2. The summed E-state index contributed by atoms with van der Waals surface area (Å²) < 4.78 is 0. The molecule has 1 aromatic heterocycles. The highest BCUT2D eigenvalue weighted by Gasteiger charge is 2.00. The molecule has 1 amide bonds. The summed E-state index contributed by atoms with van der Waals surface area (Å²) >= 11 is 0. The fourth-order valence-electron chi connectivity index (χ4n) is 0.760. The van der Waals surface area contributed by atoms with Crippen molar-refractivity contribution < 1.29 is 4.79 Å². The fraction of sp³-hybridized carbons (Fsp3) is 0.538. The van der Waals surface area contributed by atoms with E-state index >= 15 is 0 Å². The monoisotopic (exact) mass is 224 g/mol. The van der Waals surface area contributed by atoms with Crippen molar-refractivity contribution in [3.63, 3.8) is 0 Å². The number of aromatic nitrogens is 1. The molecular weight excluding hydrogens is 200 g/mol. The zero-order valence-electron chi connectivity index (χ0n) is 11.1. The van der Waals surface area contributed by atoms with Crippen LogP contribution in [-0.2, 0) is 0 Å². The van der Waals surface area contributed by atoms with Crippen molar-refractivity contribution in [1.82, 2.24) is 10.3 Å². The average molecular weight is 224 g/mol. The van der Waals surface area contributed by atoms with Crippen molar-refractivity contribution in [2.45, 2.75) is 41.0 Å². The van der Waals surface area contributed by atoms with Gasteiger partial charge in [-0.3, -0.25) is 9.78 Å². The molecule has 0 spiro atoms. The van der Waals surface area contributed by atoms with Crippen molar-refractivity contribution in [2.75, 3.05) is 6.54 Å². The summed E-state index contributed by atoms with van der Waals surface area (Å²) in [6.45, 7) is 10.8. The number of pyridine rings is 1. The predicted octanol–water partition coefficient (Wildman–Crippen LogP) is 3.27. The second-order valence-corrected chi connectivity index (χ2v) is 2.81. The molecule has 0 saturated heterocycles. The van der Waals surface area contributed by atoms with Crippen LogP contribution < -0.4 is 5.32 Å². The number of rotatable bonds is 2. The van der Waals surface area contributed by atoms with Gasteiger partial charge in [-0.2, -0.15) is 0 Å². The predicted molar refractivity (Wildman–Crippen MR) is 69.6 cm³/mol. The number of amides is 1. The van der Waals surface area contributed by atoms with Gasteiger partial charge in [0.15, 0.2) is 0 Å². The first-order valence-corrected chi connectivity index (χ1v) is 5.94. The van der Waals surface area contributed by atoms with E-state index in [-0.39, 0.29) is 5.91 Å². The van der Waals surface area contributed by atoms with Crippen LogP contribution >= 0.6 is 0 Å². The Hall–Kier alpha value is -1.38. The Bertz CT molecular complexity index is 247. The van der Waals surface area contributed by atoms with E-state index < -0.39 is 0 Å². The highest BCUT2D eigenvalue weighted by Crippen LogP contribution is 1.93. The molecule has 1 rings (SSSR count). The Balaban J connectivity index is 0. The van der Waals surface area contributed by atoms with E-state index in [4.69, 9.17) is 0 Å². The normalized spacial score (nSPS) is 7.81. The minimum Gasteiger partial charge on any atom is -0.352 e. The van der Waals surface area contributed by atoms with Crippen LogP contribution in [0.5, 0.6) is 0 Å². The molecule has 92 valence electrons. The van der Waals surface area contributed by atoms with E-state index in [0.29, 0.717) is 12.1 Å². The second-order valence-electron chi connectivity index (χ2n) is 2.81. The minimum absolute atomic E-state index is 0.0689. The minimum atomic E-state index is -0.0689. The van der Waals surface area contributed by atoms with Gasteiger partial charge in [0.05, 0.1) is 5.56 Å². The molecule has 0 aliphatic rings. The Kier molecular flexibility index (Phi) is 14.5. The molecule has 0 atom stereocenters. The van der Waals surface area contributed by atoms with Crippen LogP contribution in [-0.4, -0.2) is 17.4 Å². The Morgan fingerprint density at radius 3 is 2.25 bits per heavy atom. The summed E-state index contributed by atoms with van der Waals surface area (Å²) in [7, 11) is 0. The van der Waals surface area contributed by atoms with Crippen LogP contribution in [0.15, 0.2) is 24.5 Å². The summed E-state index contributed by atoms with van der Waals surface area (Å²) in [5.74, 6) is -0.0689. The topological polar surface area (TPSA) is 42.0 Å². The Labute approximate surface area is 99.3 Å². The van der Waals surface area contributed by atoms with Crippen LogP contribution in [0.25, 0.3) is 0 Å². The molecular formula is C13H24N2O. The lowest BCUT2D eigenvalue weighted by Gasteiger charge is -1.99. The van der Waals surface area contributed by atoms with Gasteiger partial charge in [0.1, 0.15) is 0 Å². The van der Waals surface area contributed by atoms with E-state index in [1.165, 1.54) is 6.42 Å². The number of carbonyl (C=O) groups excluding carboxylic acids is 1. The van der Waals surface area contributed by atoms with Crippen molar-refractivity contribution in [3.05, 3.63) is 30.1 Å². The molecule has 3 nitrogen and oxygen atoms in total. The molecule has 0 bridgehead atoms. The summed E-state index contributed by atoms with van der Waals surface area (Å²) in [6.07, 6.45) is 4.44. The summed E-state index contributed by atoms with van der Waals surface area (Å²) in [4.78, 5) is 14.9. The van der Waals surface area contributed by atoms with Crippen LogP contribution in [0.3, 0.4) is 0 Å². The third-order valence-corrected chi connectivity index (χ3v) is 1.26. The van der Waals surface area contributed by atoms with Crippen LogP contribution in [0.2, 0.25) is 0 Å². The fourth-order valence-corrected chi connectivity index (χ4v) is 0.760. The standard InChI is InChI=1S/C8H10N2O.C3H8.C2H6/c1-2-10-8(11)7-4-3-5-9-6-7;1-3-2;1-2/h3-6H,2H2,1H3,(H,10,11);3H2,1-2H3;1-2H3. The van der Waals surface area contributed by atoms with Crippen molar-refractivity contribution in [3.8, 4) is 0 Å². The van der Waals surface area contributed by atoms with Gasteiger partial charge in [-0.15, -0.1) is 0 Å². The third-order valence-electron chi connectivity index (χ3n) is 1.26. The molecule has 0 aliphatic carbocycles. The lowest BCUT2D eigenvalue weighted by atomic mass is 10.3. The maximum absolute atomic E-state index is 11.1. The largest absolute Gasteiger partial charge is 0.352 e. The van der Waals surface area contributed by atoms with E-state index in [9.17, 15) is 4.79 Å². The maximum Gasteiger partial charge on any atom is 0.252 e. The second kappa shape index (κ2) is 13.6. The maximum atomic E-state index is 11.1. The molecule has 0 aliphatic heterocycles. The molecule has 0 unspecified atom stereocenters. The highest BCUT2D eigenvalue weighted by atomic mass is 16.1. The lowest BCUT2D eigenvalue weighted by Crippen LogP contribution is -2.22. The quantitative estimate of drug-likeness (QED) is 0.837. The number of hydrogen-bond donors (Lipinski definition) is 1. The van der Waals surface area contributed by atoms with E-state index in [1.54, 1.807) is 24.5 Å². The molecule has 0 radical (unpaired) electrons. The summed E-state index contributed by atoms with van der Waals surface area (Å²) in [6, 6.07) is 3.47. The van der Waals surface area contributed by atoms with Gasteiger partial charge in [0.2, 0.25) is 0 Å². The molecule has 16 heavy (non-hydrogen) atoms. The van der Waals surface area contributed by atoms with Gasteiger partial charge in [-0.25, -0.2) is 0 Å². The van der Waals surface area contributed by atoms with Gasteiger partial charge in [0.25, 0.3) is 5.91 Å². The zero-order valence-corrected chi connectivity index (χ0v) is 11.1. The molecule has 0 fully saturated rings. The molecule has 1 heterocycles. The van der Waals surface area contributed by atoms with Crippen LogP contribution in [0, 0.1) is 0 Å². The SMILES string of the molecule is CC.CCC.CCNC(=O)c1cccnc1. The first-order chi connectivity index (χ1) is 7.76. The average Bonchev–Trinajstić information content (AvgIpc) is 2.34. The van der Waals surface area contributed by atoms with Gasteiger partial charge in [0, 0.05) is 18.9 Å². The number of nitrogens with one attached hydrogen (secondary N) is 1. The summed E-state index contributed by atoms with van der Waals surface area (Å²) in [5, 5.41) is 2.68. The van der Waals surface area contributed by atoms with Crippen LogP contribution in [0.1, 0.15) is 51.4 Å². The van der Waals surface area contributed by atoms with E-state index in [2.05, 4.69) is 24.1 Å². The van der Waals surface area contributed by atoms with Gasteiger partial charge >= 0.3 is 0 Å². The summed E-state index contributed by atoms with van der Waals surface area (Å²) in [5.41, 5.74) is 0.606. The first-order valence-electron chi connectivity index (χ1n) is 5.94. The molecule has 1 N–H and O–H groups in total. The third kappa shape index (κ3) is 9.19. The van der Waals surface area contributed by atoms with E-state index in [1.807, 2.05) is 20.8 Å². The van der Waals surface area contributed by atoms with Crippen LogP contribution in [0.4, 0.5) is 0 Å². The molecule has 1 aromatic rings. The number of carbonyl (C=O) groups is 1. The highest BCUT2D eigenvalue weighted by molar-refractivity contribution is 5.93. The zero-order chi connectivity index (χ0) is 12.8. The van der Waals surface area contributed by atoms with Crippen molar-refractivity contribution in [2.24, 2.45) is 0 Å². The molecule has 0 aromatic carbocycles. The van der Waals surface area contributed by atoms with Gasteiger partial charge < -0.3 is 5.32 Å². The lowest BCUT2D eigenvalue weighted by molar-refractivity contribution is 0.0955. The molecule has 3 heteroatoms. The van der Waals surface area contributed by atoms with Gasteiger partial charge in [-0.1, -0.05) is 34.1 Å². The van der Waals surface area contributed by atoms with Crippen molar-refractivity contribution in [1.29, 1.82) is 0 Å². The number of nitrogens with zero attached hydrogens (tertiary/aromatic N) is 1. The Morgan fingerprint density at radius 2 is 1.88 bits per heavy atom. The smallest absolute Gasteiger partial charge is 0.252 e. The molecule has 0 saturated carbocycles. The van der Waals surface area contributed by atoms with Crippen molar-refractivity contribution >= 4 is 5.91 Å². The van der Waals surface area contributed by atoms with Gasteiger partial charge in [-0.05, 0) is 19.1 Å².